The average molecular weight is 423 g/mol. The van der Waals surface area contributed by atoms with Crippen molar-refractivity contribution in [2.24, 2.45) is 0 Å². The van der Waals surface area contributed by atoms with Crippen LogP contribution in [0, 0.1) is 0 Å². The Labute approximate surface area is 179 Å². The largest absolute Gasteiger partial charge is 0.497 e. The molecule has 3 aromatic rings. The molecule has 4 rings (SSSR count). The maximum absolute atomic E-state index is 13.2. The van der Waals surface area contributed by atoms with Crippen molar-refractivity contribution >= 4 is 35.0 Å². The van der Waals surface area contributed by atoms with E-state index >= 15 is 0 Å². The summed E-state index contributed by atoms with van der Waals surface area (Å²) in [5.74, 6) is 0.828. The van der Waals surface area contributed by atoms with Gasteiger partial charge in [-0.3, -0.25) is 14.2 Å². The molecule has 0 aliphatic carbocycles. The van der Waals surface area contributed by atoms with Crippen LogP contribution in [0.5, 0.6) is 5.75 Å². The highest BCUT2D eigenvalue weighted by atomic mass is 32.2. The Morgan fingerprint density at radius 1 is 1.23 bits per heavy atom. The predicted octanol–water partition coefficient (Wildman–Crippen LogP) is 3.74. The van der Waals surface area contributed by atoms with Gasteiger partial charge in [0.25, 0.3) is 0 Å². The van der Waals surface area contributed by atoms with Crippen molar-refractivity contribution in [3.8, 4) is 11.4 Å². The number of fused-ring (bicyclic) bond motifs is 1. The van der Waals surface area contributed by atoms with E-state index in [0.717, 1.165) is 22.3 Å². The molecule has 0 bridgehead atoms. The van der Waals surface area contributed by atoms with Gasteiger partial charge in [0.15, 0.2) is 5.16 Å². The second-order valence-corrected chi connectivity index (χ2v) is 7.89. The van der Waals surface area contributed by atoms with Crippen molar-refractivity contribution in [3.05, 3.63) is 60.9 Å². The third-order valence-corrected chi connectivity index (χ3v) is 5.86. The van der Waals surface area contributed by atoms with Gasteiger partial charge >= 0.3 is 0 Å². The molecule has 1 atom stereocenters. The molecule has 2 amide bonds. The Kier molecular flexibility index (Phi) is 5.76. The van der Waals surface area contributed by atoms with E-state index in [4.69, 9.17) is 4.74 Å². The predicted molar refractivity (Wildman–Crippen MR) is 117 cm³/mol. The maximum atomic E-state index is 13.2. The van der Waals surface area contributed by atoms with Crippen LogP contribution in [0.25, 0.3) is 5.69 Å². The normalized spacial score (nSPS) is 15.9. The Bertz CT molecular complexity index is 1060. The van der Waals surface area contributed by atoms with Crippen molar-refractivity contribution in [2.75, 3.05) is 23.1 Å². The fraction of sp³-hybridized carbons (Fsp3) is 0.227. The highest BCUT2D eigenvalue weighted by Gasteiger charge is 2.29. The lowest BCUT2D eigenvalue weighted by atomic mass is 10.2. The lowest BCUT2D eigenvalue weighted by Gasteiger charge is -2.27. The molecule has 1 aromatic heterocycles. The number of anilines is 2. The third-order valence-electron chi connectivity index (χ3n) is 4.91. The number of rotatable bonds is 5. The lowest BCUT2D eigenvalue weighted by molar-refractivity contribution is -0.117. The second-order valence-electron chi connectivity index (χ2n) is 6.95. The van der Waals surface area contributed by atoms with Crippen LogP contribution in [0.2, 0.25) is 0 Å². The van der Waals surface area contributed by atoms with Crippen LogP contribution in [0.4, 0.5) is 11.4 Å². The number of aromatic nitrogens is 2. The molecule has 1 unspecified atom stereocenters. The number of ether oxygens (including phenoxy) is 1. The molecular weight excluding hydrogens is 400 g/mol. The summed E-state index contributed by atoms with van der Waals surface area (Å²) < 4.78 is 7.14. The summed E-state index contributed by atoms with van der Waals surface area (Å²) in [4.78, 5) is 31.4. The van der Waals surface area contributed by atoms with E-state index in [1.165, 1.54) is 11.8 Å². The minimum Gasteiger partial charge on any atom is -0.497 e. The first-order valence-corrected chi connectivity index (χ1v) is 10.6. The van der Waals surface area contributed by atoms with E-state index < -0.39 is 0 Å². The smallest absolute Gasteiger partial charge is 0.237 e. The molecule has 0 radical (unpaired) electrons. The molecular formula is C22H22N4O3S. The van der Waals surface area contributed by atoms with Gasteiger partial charge in [-0.25, -0.2) is 4.98 Å². The van der Waals surface area contributed by atoms with E-state index in [1.807, 2.05) is 66.2 Å². The number of thioether (sulfide) groups is 1. The zero-order chi connectivity index (χ0) is 21.1. The molecule has 2 heterocycles. The first-order valence-electron chi connectivity index (χ1n) is 9.58. The summed E-state index contributed by atoms with van der Waals surface area (Å²) in [6, 6.07) is 14.8. The average Bonchev–Trinajstić information content (AvgIpc) is 3.17. The highest BCUT2D eigenvalue weighted by Crippen LogP contribution is 2.32. The molecule has 0 fully saturated rings. The molecule has 2 aromatic carbocycles. The fourth-order valence-corrected chi connectivity index (χ4v) is 4.33. The Balaban J connectivity index is 1.53. The van der Waals surface area contributed by atoms with Crippen LogP contribution in [0.3, 0.4) is 0 Å². The molecule has 1 N–H and O–H groups in total. The van der Waals surface area contributed by atoms with E-state index in [2.05, 4.69) is 10.3 Å². The molecule has 1 aliphatic rings. The molecule has 0 saturated carbocycles. The van der Waals surface area contributed by atoms with Gasteiger partial charge in [0.1, 0.15) is 5.75 Å². The zero-order valence-electron chi connectivity index (χ0n) is 16.7. The van der Waals surface area contributed by atoms with Crippen molar-refractivity contribution in [3.63, 3.8) is 0 Å². The SMILES string of the molecule is COc1ccc(-n2ccnc2SCC(=O)N2c3ccccc3NC(=O)CC2C)cc1. The summed E-state index contributed by atoms with van der Waals surface area (Å²) >= 11 is 1.37. The Morgan fingerprint density at radius 3 is 2.77 bits per heavy atom. The Hall–Kier alpha value is -3.26. The van der Waals surface area contributed by atoms with Gasteiger partial charge in [-0.1, -0.05) is 23.9 Å². The number of hydrogen-bond donors (Lipinski definition) is 1. The fourth-order valence-electron chi connectivity index (χ4n) is 3.50. The van der Waals surface area contributed by atoms with E-state index in [1.54, 1.807) is 18.2 Å². The zero-order valence-corrected chi connectivity index (χ0v) is 17.6. The second kappa shape index (κ2) is 8.62. The van der Waals surface area contributed by atoms with E-state index in [0.29, 0.717) is 5.69 Å². The number of nitrogens with zero attached hydrogens (tertiary/aromatic N) is 3. The number of benzene rings is 2. The summed E-state index contributed by atoms with van der Waals surface area (Å²) in [6.45, 7) is 1.89. The summed E-state index contributed by atoms with van der Waals surface area (Å²) in [6.07, 6.45) is 3.83. The summed E-state index contributed by atoms with van der Waals surface area (Å²) in [5, 5.41) is 3.60. The molecule has 0 saturated heterocycles. The Morgan fingerprint density at radius 2 is 2.00 bits per heavy atom. The van der Waals surface area contributed by atoms with Gasteiger partial charge in [0.05, 0.1) is 24.2 Å². The lowest BCUT2D eigenvalue weighted by Crippen LogP contribution is -2.40. The van der Waals surface area contributed by atoms with Crippen molar-refractivity contribution in [1.29, 1.82) is 0 Å². The molecule has 30 heavy (non-hydrogen) atoms. The van der Waals surface area contributed by atoms with Gasteiger partial charge in [-0.2, -0.15) is 0 Å². The van der Waals surface area contributed by atoms with Crippen LogP contribution in [0.1, 0.15) is 13.3 Å². The summed E-state index contributed by atoms with van der Waals surface area (Å²) in [5.41, 5.74) is 2.32. The quantitative estimate of drug-likeness (QED) is 0.634. The van der Waals surface area contributed by atoms with Crippen LogP contribution >= 0.6 is 11.8 Å². The maximum Gasteiger partial charge on any atom is 0.237 e. The number of hydrogen-bond acceptors (Lipinski definition) is 5. The van der Waals surface area contributed by atoms with Gasteiger partial charge < -0.3 is 15.0 Å². The topological polar surface area (TPSA) is 76.5 Å². The van der Waals surface area contributed by atoms with Crippen molar-refractivity contribution in [1.82, 2.24) is 9.55 Å². The minimum atomic E-state index is -0.233. The van der Waals surface area contributed by atoms with Gasteiger partial charge in [-0.05, 0) is 43.3 Å². The van der Waals surface area contributed by atoms with Crippen LogP contribution in [-0.4, -0.2) is 40.3 Å². The first kappa shape index (κ1) is 20.0. The number of methoxy groups -OCH3 is 1. The summed E-state index contributed by atoms with van der Waals surface area (Å²) in [7, 11) is 1.63. The number of nitrogens with one attached hydrogen (secondary N) is 1. The van der Waals surface area contributed by atoms with Crippen LogP contribution in [0.15, 0.2) is 66.1 Å². The number of imidazole rings is 1. The van der Waals surface area contributed by atoms with Gasteiger partial charge in [0.2, 0.25) is 11.8 Å². The minimum absolute atomic E-state index is 0.0688. The van der Waals surface area contributed by atoms with E-state index in [9.17, 15) is 9.59 Å². The molecule has 7 nitrogen and oxygen atoms in total. The van der Waals surface area contributed by atoms with Gasteiger partial charge in [-0.15, -0.1) is 0 Å². The third kappa shape index (κ3) is 4.04. The number of para-hydroxylation sites is 2. The van der Waals surface area contributed by atoms with Gasteiger partial charge in [0, 0.05) is 30.5 Å². The van der Waals surface area contributed by atoms with Crippen molar-refractivity contribution < 1.29 is 14.3 Å². The molecule has 154 valence electrons. The molecule has 1 aliphatic heterocycles. The molecule has 8 heteroatoms. The highest BCUT2D eigenvalue weighted by molar-refractivity contribution is 7.99. The number of carbonyl (C=O) groups is 2. The number of carbonyl (C=O) groups excluding carboxylic acids is 2. The van der Waals surface area contributed by atoms with Crippen LogP contribution in [-0.2, 0) is 9.59 Å². The van der Waals surface area contributed by atoms with Crippen LogP contribution < -0.4 is 15.0 Å². The molecule has 0 spiro atoms. The first-order chi connectivity index (χ1) is 14.6. The monoisotopic (exact) mass is 422 g/mol. The standard InChI is InChI=1S/C22H22N4O3S/c1-15-13-20(27)24-18-5-3-4-6-19(18)26(15)21(28)14-30-22-23-11-12-25(22)16-7-9-17(29-2)10-8-16/h3-12,15H,13-14H2,1-2H3,(H,24,27). The van der Waals surface area contributed by atoms with E-state index in [-0.39, 0.29) is 30.0 Å². The van der Waals surface area contributed by atoms with Crippen molar-refractivity contribution in [2.45, 2.75) is 24.5 Å². The number of amides is 2.